The topological polar surface area (TPSA) is 66.0 Å². The van der Waals surface area contributed by atoms with Gasteiger partial charge in [0.2, 0.25) is 5.91 Å². The van der Waals surface area contributed by atoms with Crippen LogP contribution in [0.4, 0.5) is 5.69 Å². The van der Waals surface area contributed by atoms with E-state index in [1.807, 2.05) is 49.4 Å². The number of nitrogens with one attached hydrogen (secondary N) is 1. The first kappa shape index (κ1) is 22.4. The maximum absolute atomic E-state index is 12.2. The highest BCUT2D eigenvalue weighted by Gasteiger charge is 2.09. The number of methoxy groups -OCH3 is 1. The van der Waals surface area contributed by atoms with Crippen LogP contribution in [-0.4, -0.2) is 32.8 Å². The average Bonchev–Trinajstić information content (AvgIpc) is 2.75. The van der Waals surface area contributed by atoms with Crippen LogP contribution in [0.2, 0.25) is 0 Å². The van der Waals surface area contributed by atoms with Gasteiger partial charge in [0.05, 0.1) is 26.9 Å². The number of hydrogen-bond acceptors (Lipinski definition) is 5. The van der Waals surface area contributed by atoms with Crippen LogP contribution < -0.4 is 24.3 Å². The van der Waals surface area contributed by atoms with Crippen molar-refractivity contribution in [2.24, 2.45) is 0 Å². The Morgan fingerprint density at radius 3 is 2.14 bits per heavy atom. The minimum atomic E-state index is -0.0630. The van der Waals surface area contributed by atoms with Gasteiger partial charge in [0, 0.05) is 18.2 Å². The molecule has 29 heavy (non-hydrogen) atoms. The van der Waals surface area contributed by atoms with Gasteiger partial charge in [-0.05, 0) is 55.7 Å². The second-order valence-corrected chi connectivity index (χ2v) is 6.53. The predicted octanol–water partition coefficient (Wildman–Crippen LogP) is 5.07. The molecule has 0 saturated carbocycles. The first-order valence-electron chi connectivity index (χ1n) is 10.1. The molecule has 2 aromatic carbocycles. The van der Waals surface area contributed by atoms with E-state index in [1.54, 1.807) is 7.11 Å². The number of benzene rings is 2. The van der Waals surface area contributed by atoms with Crippen molar-refractivity contribution in [2.45, 2.75) is 39.5 Å². The second kappa shape index (κ2) is 12.5. The van der Waals surface area contributed by atoms with Crippen LogP contribution in [-0.2, 0) is 4.79 Å². The zero-order valence-corrected chi connectivity index (χ0v) is 17.5. The maximum atomic E-state index is 12.2. The molecule has 0 heterocycles. The first-order chi connectivity index (χ1) is 14.2. The summed E-state index contributed by atoms with van der Waals surface area (Å²) in [6.07, 6.45) is 2.81. The minimum Gasteiger partial charge on any atom is -0.497 e. The molecule has 0 aromatic heterocycles. The third-order valence-corrected chi connectivity index (χ3v) is 4.03. The van der Waals surface area contributed by atoms with E-state index in [0.717, 1.165) is 24.3 Å². The van der Waals surface area contributed by atoms with Gasteiger partial charge >= 0.3 is 0 Å². The zero-order valence-electron chi connectivity index (χ0n) is 17.5. The molecule has 0 saturated heterocycles. The van der Waals surface area contributed by atoms with E-state index < -0.39 is 0 Å². The monoisotopic (exact) mass is 401 g/mol. The Bertz CT molecular complexity index is 745. The lowest BCUT2D eigenvalue weighted by atomic mass is 10.2. The van der Waals surface area contributed by atoms with Crippen molar-refractivity contribution in [1.82, 2.24) is 0 Å². The number of rotatable bonds is 13. The van der Waals surface area contributed by atoms with Crippen LogP contribution in [0.25, 0.3) is 0 Å². The summed E-state index contributed by atoms with van der Waals surface area (Å²) in [5.74, 6) is 2.83. The predicted molar refractivity (Wildman–Crippen MR) is 114 cm³/mol. The normalized spacial score (nSPS) is 10.3. The molecule has 2 aromatic rings. The Kier molecular flexibility index (Phi) is 9.69. The molecule has 0 aliphatic heterocycles. The summed E-state index contributed by atoms with van der Waals surface area (Å²) in [5, 5.41) is 2.91. The average molecular weight is 402 g/mol. The molecule has 0 aliphatic carbocycles. The number of ether oxygens (including phenoxy) is 4. The van der Waals surface area contributed by atoms with E-state index in [4.69, 9.17) is 18.9 Å². The fraction of sp³-hybridized carbons (Fsp3) is 0.435. The minimum absolute atomic E-state index is 0.0630. The number of carbonyl (C=O) groups is 1. The zero-order chi connectivity index (χ0) is 20.9. The Hall–Kier alpha value is -2.89. The van der Waals surface area contributed by atoms with Gasteiger partial charge in [0.25, 0.3) is 0 Å². The lowest BCUT2D eigenvalue weighted by molar-refractivity contribution is -0.116. The summed E-state index contributed by atoms with van der Waals surface area (Å²) in [5.41, 5.74) is 0.695. The van der Waals surface area contributed by atoms with E-state index in [1.165, 1.54) is 0 Å². The van der Waals surface area contributed by atoms with Crippen molar-refractivity contribution < 1.29 is 23.7 Å². The summed E-state index contributed by atoms with van der Waals surface area (Å²) in [4.78, 5) is 12.2. The summed E-state index contributed by atoms with van der Waals surface area (Å²) < 4.78 is 22.2. The number of hydrogen-bond donors (Lipinski definition) is 1. The smallest absolute Gasteiger partial charge is 0.224 e. The highest BCUT2D eigenvalue weighted by atomic mass is 16.5. The molecule has 0 fully saturated rings. The summed E-state index contributed by atoms with van der Waals surface area (Å²) in [6.45, 7) is 5.80. The largest absolute Gasteiger partial charge is 0.497 e. The fourth-order valence-corrected chi connectivity index (χ4v) is 2.56. The summed E-state index contributed by atoms with van der Waals surface area (Å²) >= 11 is 0. The SMILES string of the molecule is CCCOc1ccc(NC(=O)CCCOc2ccc(OC)cc2)cc1OCCC. The molecule has 6 nitrogen and oxygen atoms in total. The molecule has 0 bridgehead atoms. The van der Waals surface area contributed by atoms with Crippen molar-refractivity contribution >= 4 is 11.6 Å². The third-order valence-electron chi connectivity index (χ3n) is 4.03. The standard InChI is InChI=1S/C23H31NO5/c1-4-14-28-21-13-8-18(17-22(21)29-15-5-2)24-23(25)7-6-16-27-20-11-9-19(26-3)10-12-20/h8-13,17H,4-7,14-16H2,1-3H3,(H,24,25). The van der Waals surface area contributed by atoms with Gasteiger partial charge < -0.3 is 24.3 Å². The highest BCUT2D eigenvalue weighted by molar-refractivity contribution is 5.91. The molecule has 6 heteroatoms. The fourth-order valence-electron chi connectivity index (χ4n) is 2.56. The van der Waals surface area contributed by atoms with E-state index in [-0.39, 0.29) is 5.91 Å². The first-order valence-corrected chi connectivity index (χ1v) is 10.1. The van der Waals surface area contributed by atoms with E-state index in [9.17, 15) is 4.79 Å². The number of carbonyl (C=O) groups excluding carboxylic acids is 1. The molecule has 2 rings (SSSR count). The molecule has 0 spiro atoms. The highest BCUT2D eigenvalue weighted by Crippen LogP contribution is 2.31. The molecular weight excluding hydrogens is 370 g/mol. The molecule has 0 aliphatic rings. The Balaban J connectivity index is 1.80. The van der Waals surface area contributed by atoms with Gasteiger partial charge in [-0.2, -0.15) is 0 Å². The van der Waals surface area contributed by atoms with Gasteiger partial charge in [-0.15, -0.1) is 0 Å². The Labute approximate surface area is 173 Å². The molecule has 0 radical (unpaired) electrons. The van der Waals surface area contributed by atoms with Crippen molar-refractivity contribution in [3.05, 3.63) is 42.5 Å². The molecule has 1 amide bonds. The van der Waals surface area contributed by atoms with Gasteiger partial charge in [-0.3, -0.25) is 4.79 Å². The third kappa shape index (κ3) is 7.94. The van der Waals surface area contributed by atoms with Crippen molar-refractivity contribution in [2.75, 3.05) is 32.2 Å². The second-order valence-electron chi connectivity index (χ2n) is 6.53. The molecule has 1 N–H and O–H groups in total. The van der Waals surface area contributed by atoms with Crippen LogP contribution in [0.1, 0.15) is 39.5 Å². The summed E-state index contributed by atoms with van der Waals surface area (Å²) in [6, 6.07) is 12.9. The van der Waals surface area contributed by atoms with Crippen LogP contribution >= 0.6 is 0 Å². The van der Waals surface area contributed by atoms with Crippen molar-refractivity contribution in [3.63, 3.8) is 0 Å². The van der Waals surface area contributed by atoms with Crippen LogP contribution in [0, 0.1) is 0 Å². The summed E-state index contributed by atoms with van der Waals surface area (Å²) in [7, 11) is 1.62. The lowest BCUT2D eigenvalue weighted by Crippen LogP contribution is -2.13. The van der Waals surface area contributed by atoms with Crippen LogP contribution in [0.15, 0.2) is 42.5 Å². The van der Waals surface area contributed by atoms with E-state index >= 15 is 0 Å². The van der Waals surface area contributed by atoms with Crippen molar-refractivity contribution in [1.29, 1.82) is 0 Å². The molecule has 0 atom stereocenters. The Morgan fingerprint density at radius 1 is 0.828 bits per heavy atom. The number of anilines is 1. The van der Waals surface area contributed by atoms with Gasteiger partial charge in [0.1, 0.15) is 11.5 Å². The maximum Gasteiger partial charge on any atom is 0.224 e. The van der Waals surface area contributed by atoms with E-state index in [2.05, 4.69) is 12.2 Å². The molecule has 0 unspecified atom stereocenters. The van der Waals surface area contributed by atoms with Gasteiger partial charge in [-0.1, -0.05) is 13.8 Å². The number of amides is 1. The van der Waals surface area contributed by atoms with E-state index in [0.29, 0.717) is 49.8 Å². The van der Waals surface area contributed by atoms with Crippen LogP contribution in [0.5, 0.6) is 23.0 Å². The van der Waals surface area contributed by atoms with Gasteiger partial charge in [0.15, 0.2) is 11.5 Å². The van der Waals surface area contributed by atoms with Crippen molar-refractivity contribution in [3.8, 4) is 23.0 Å². The molecular formula is C23H31NO5. The van der Waals surface area contributed by atoms with Crippen LogP contribution in [0.3, 0.4) is 0 Å². The quantitative estimate of drug-likeness (QED) is 0.475. The molecule has 158 valence electrons. The lowest BCUT2D eigenvalue weighted by Gasteiger charge is -2.14. The Morgan fingerprint density at radius 2 is 1.48 bits per heavy atom. The van der Waals surface area contributed by atoms with Gasteiger partial charge in [-0.25, -0.2) is 0 Å².